The molecule has 3 aromatic rings. The van der Waals surface area contributed by atoms with Crippen LogP contribution in [0.4, 0.5) is 0 Å². The van der Waals surface area contributed by atoms with Crippen molar-refractivity contribution in [2.24, 2.45) is 5.92 Å². The SMILES string of the molecule is CC(C)COc1ccccc1/C=C(/C#N)c1nc(-c2ccccc2)cs1. The molecule has 0 aliphatic heterocycles. The van der Waals surface area contributed by atoms with Crippen molar-refractivity contribution in [3.8, 4) is 23.1 Å². The van der Waals surface area contributed by atoms with Gasteiger partial charge in [0.05, 0.1) is 17.9 Å². The lowest BCUT2D eigenvalue weighted by Crippen LogP contribution is -2.05. The van der Waals surface area contributed by atoms with Gasteiger partial charge in [-0.25, -0.2) is 4.98 Å². The number of nitriles is 1. The normalized spacial score (nSPS) is 11.4. The van der Waals surface area contributed by atoms with Crippen molar-refractivity contribution in [2.45, 2.75) is 13.8 Å². The van der Waals surface area contributed by atoms with Crippen LogP contribution in [0.25, 0.3) is 22.9 Å². The van der Waals surface area contributed by atoms with Gasteiger partial charge in [-0.2, -0.15) is 5.26 Å². The maximum atomic E-state index is 9.64. The second-order valence-electron chi connectivity index (χ2n) is 6.32. The molecule has 0 unspecified atom stereocenters. The molecule has 1 aromatic heterocycles. The van der Waals surface area contributed by atoms with Crippen LogP contribution in [0.3, 0.4) is 0 Å². The number of allylic oxidation sites excluding steroid dienone is 1. The molecule has 0 aliphatic carbocycles. The Balaban J connectivity index is 1.91. The second kappa shape index (κ2) is 8.46. The summed E-state index contributed by atoms with van der Waals surface area (Å²) in [5.74, 6) is 1.23. The molecule has 0 N–H and O–H groups in total. The van der Waals surface area contributed by atoms with Crippen molar-refractivity contribution < 1.29 is 4.74 Å². The minimum atomic E-state index is 0.440. The Labute approximate surface area is 158 Å². The van der Waals surface area contributed by atoms with Gasteiger partial charge < -0.3 is 4.74 Å². The Hall–Kier alpha value is -2.90. The number of benzene rings is 2. The molecule has 0 aliphatic rings. The number of rotatable bonds is 6. The van der Waals surface area contributed by atoms with E-state index in [1.807, 2.05) is 66.1 Å². The molecule has 0 amide bonds. The Kier molecular flexibility index (Phi) is 5.83. The summed E-state index contributed by atoms with van der Waals surface area (Å²) in [4.78, 5) is 4.64. The molecule has 0 bridgehead atoms. The fraction of sp³-hybridized carbons (Fsp3) is 0.182. The molecule has 3 nitrogen and oxygen atoms in total. The number of para-hydroxylation sites is 1. The molecule has 130 valence electrons. The van der Waals surface area contributed by atoms with Crippen LogP contribution in [0, 0.1) is 17.2 Å². The molecule has 4 heteroatoms. The van der Waals surface area contributed by atoms with Crippen LogP contribution in [-0.4, -0.2) is 11.6 Å². The minimum Gasteiger partial charge on any atom is -0.493 e. The number of nitrogens with zero attached hydrogens (tertiary/aromatic N) is 2. The van der Waals surface area contributed by atoms with Gasteiger partial charge in [-0.1, -0.05) is 62.4 Å². The molecule has 2 aromatic carbocycles. The van der Waals surface area contributed by atoms with Gasteiger partial charge in [-0.15, -0.1) is 11.3 Å². The van der Waals surface area contributed by atoms with E-state index in [4.69, 9.17) is 4.74 Å². The lowest BCUT2D eigenvalue weighted by molar-refractivity contribution is 0.270. The third-order valence-corrected chi connectivity index (χ3v) is 4.59. The lowest BCUT2D eigenvalue weighted by Gasteiger charge is -2.11. The third kappa shape index (κ3) is 4.38. The first-order valence-corrected chi connectivity index (χ1v) is 9.40. The van der Waals surface area contributed by atoms with Crippen LogP contribution in [-0.2, 0) is 0 Å². The van der Waals surface area contributed by atoms with Gasteiger partial charge in [0.1, 0.15) is 16.8 Å². The molecule has 1 heterocycles. The minimum absolute atomic E-state index is 0.440. The van der Waals surface area contributed by atoms with Crippen molar-refractivity contribution in [1.82, 2.24) is 4.98 Å². The number of hydrogen-bond donors (Lipinski definition) is 0. The quantitative estimate of drug-likeness (QED) is 0.513. The lowest BCUT2D eigenvalue weighted by atomic mass is 10.1. The van der Waals surface area contributed by atoms with Gasteiger partial charge in [-0.05, 0) is 18.1 Å². The van der Waals surface area contributed by atoms with Crippen LogP contribution in [0.1, 0.15) is 24.4 Å². The second-order valence-corrected chi connectivity index (χ2v) is 7.17. The maximum Gasteiger partial charge on any atom is 0.134 e. The van der Waals surface area contributed by atoms with E-state index in [1.165, 1.54) is 11.3 Å². The molecule has 0 radical (unpaired) electrons. The average Bonchev–Trinajstić information content (AvgIpc) is 3.16. The smallest absolute Gasteiger partial charge is 0.134 e. The predicted molar refractivity (Wildman–Crippen MR) is 108 cm³/mol. The number of thiazole rings is 1. The van der Waals surface area contributed by atoms with Crippen LogP contribution >= 0.6 is 11.3 Å². The largest absolute Gasteiger partial charge is 0.493 e. The highest BCUT2D eigenvalue weighted by molar-refractivity contribution is 7.11. The molecular weight excluding hydrogens is 340 g/mol. The average molecular weight is 360 g/mol. The van der Waals surface area contributed by atoms with Crippen molar-refractivity contribution in [3.05, 3.63) is 70.5 Å². The van der Waals surface area contributed by atoms with E-state index >= 15 is 0 Å². The number of aromatic nitrogens is 1. The molecule has 26 heavy (non-hydrogen) atoms. The van der Waals surface area contributed by atoms with Gasteiger partial charge in [0.15, 0.2) is 0 Å². The Morgan fingerprint density at radius 1 is 1.15 bits per heavy atom. The van der Waals surface area contributed by atoms with Crippen LogP contribution < -0.4 is 4.74 Å². The van der Waals surface area contributed by atoms with Crippen molar-refractivity contribution in [1.29, 1.82) is 5.26 Å². The van der Waals surface area contributed by atoms with Gasteiger partial charge in [-0.3, -0.25) is 0 Å². The first kappa shape index (κ1) is 17.9. The number of hydrogen-bond acceptors (Lipinski definition) is 4. The molecule has 0 fully saturated rings. The van der Waals surface area contributed by atoms with Gasteiger partial charge in [0.25, 0.3) is 0 Å². The summed E-state index contributed by atoms with van der Waals surface area (Å²) in [6, 6.07) is 20.0. The first-order chi connectivity index (χ1) is 12.7. The summed E-state index contributed by atoms with van der Waals surface area (Å²) >= 11 is 1.48. The van der Waals surface area contributed by atoms with E-state index < -0.39 is 0 Å². The van der Waals surface area contributed by atoms with Crippen molar-refractivity contribution in [3.63, 3.8) is 0 Å². The van der Waals surface area contributed by atoms with Crippen molar-refractivity contribution >= 4 is 23.0 Å². The fourth-order valence-electron chi connectivity index (χ4n) is 2.42. The van der Waals surface area contributed by atoms with E-state index in [0.29, 0.717) is 23.1 Å². The summed E-state index contributed by atoms with van der Waals surface area (Å²) in [6.07, 6.45) is 1.85. The van der Waals surface area contributed by atoms with Crippen LogP contribution in [0.15, 0.2) is 60.0 Å². The van der Waals surface area contributed by atoms with Gasteiger partial charge >= 0.3 is 0 Å². The monoisotopic (exact) mass is 360 g/mol. The Bertz CT molecular complexity index is 936. The van der Waals surface area contributed by atoms with Crippen LogP contribution in [0.5, 0.6) is 5.75 Å². The standard InChI is InChI=1S/C22H20N2OS/c1-16(2)14-25-21-11-7-6-10-18(21)12-19(13-23)22-24-20(15-26-22)17-8-4-3-5-9-17/h3-12,15-16H,14H2,1-2H3/b19-12-. The molecule has 0 saturated heterocycles. The Morgan fingerprint density at radius 2 is 1.88 bits per heavy atom. The first-order valence-electron chi connectivity index (χ1n) is 8.52. The zero-order valence-corrected chi connectivity index (χ0v) is 15.7. The number of ether oxygens (including phenoxy) is 1. The van der Waals surface area contributed by atoms with Crippen LogP contribution in [0.2, 0.25) is 0 Å². The van der Waals surface area contributed by atoms with E-state index in [2.05, 4.69) is 24.9 Å². The third-order valence-electron chi connectivity index (χ3n) is 3.72. The van der Waals surface area contributed by atoms with E-state index in [9.17, 15) is 5.26 Å². The van der Waals surface area contributed by atoms with E-state index in [-0.39, 0.29) is 0 Å². The highest BCUT2D eigenvalue weighted by Crippen LogP contribution is 2.29. The topological polar surface area (TPSA) is 45.9 Å². The van der Waals surface area contributed by atoms with Gasteiger partial charge in [0.2, 0.25) is 0 Å². The predicted octanol–water partition coefficient (Wildman–Crippen LogP) is 5.91. The van der Waals surface area contributed by atoms with Crippen molar-refractivity contribution in [2.75, 3.05) is 6.61 Å². The molecule has 0 spiro atoms. The highest BCUT2D eigenvalue weighted by Gasteiger charge is 2.10. The molecular formula is C22H20N2OS. The maximum absolute atomic E-state index is 9.64. The summed E-state index contributed by atoms with van der Waals surface area (Å²) in [5, 5.41) is 12.3. The van der Waals surface area contributed by atoms with E-state index in [1.54, 1.807) is 0 Å². The molecule has 0 atom stereocenters. The molecule has 3 rings (SSSR count). The summed E-state index contributed by atoms with van der Waals surface area (Å²) in [5.41, 5.74) is 3.36. The zero-order chi connectivity index (χ0) is 18.4. The summed E-state index contributed by atoms with van der Waals surface area (Å²) in [6.45, 7) is 4.86. The summed E-state index contributed by atoms with van der Waals surface area (Å²) < 4.78 is 5.88. The van der Waals surface area contributed by atoms with Gasteiger partial charge in [0, 0.05) is 16.5 Å². The highest BCUT2D eigenvalue weighted by atomic mass is 32.1. The summed E-state index contributed by atoms with van der Waals surface area (Å²) in [7, 11) is 0. The fourth-order valence-corrected chi connectivity index (χ4v) is 3.22. The Morgan fingerprint density at radius 3 is 2.62 bits per heavy atom. The molecule has 0 saturated carbocycles. The van der Waals surface area contributed by atoms with E-state index in [0.717, 1.165) is 22.6 Å². The zero-order valence-electron chi connectivity index (χ0n) is 14.8.